The van der Waals surface area contributed by atoms with E-state index in [1.54, 1.807) is 13.0 Å². The van der Waals surface area contributed by atoms with E-state index in [4.69, 9.17) is 9.47 Å². The highest BCUT2D eigenvalue weighted by molar-refractivity contribution is 6.13. The van der Waals surface area contributed by atoms with Crippen LogP contribution in [0.2, 0.25) is 0 Å². The first-order valence-corrected chi connectivity index (χ1v) is 12.2. The fraction of sp³-hybridized carbons (Fsp3) is 0.538. The van der Waals surface area contributed by atoms with Crippen molar-refractivity contribution >= 4 is 23.5 Å². The van der Waals surface area contributed by atoms with Gasteiger partial charge >= 0.3 is 5.97 Å². The first-order valence-electron chi connectivity index (χ1n) is 12.2. The summed E-state index contributed by atoms with van der Waals surface area (Å²) in [6, 6.07) is 6.99. The van der Waals surface area contributed by atoms with Gasteiger partial charge in [-0.3, -0.25) is 19.2 Å². The van der Waals surface area contributed by atoms with Gasteiger partial charge in [0.25, 0.3) is 5.91 Å². The van der Waals surface area contributed by atoms with Gasteiger partial charge in [-0.05, 0) is 44.4 Å². The Kier molecular flexibility index (Phi) is 7.14. The number of benzene rings is 1. The Morgan fingerprint density at radius 3 is 2.43 bits per heavy atom. The zero-order valence-electron chi connectivity index (χ0n) is 20.9. The van der Waals surface area contributed by atoms with Crippen molar-refractivity contribution in [3.63, 3.8) is 0 Å². The summed E-state index contributed by atoms with van der Waals surface area (Å²) in [6.07, 6.45) is 7.55. The third-order valence-corrected chi connectivity index (χ3v) is 7.05. The van der Waals surface area contributed by atoms with Crippen molar-refractivity contribution in [2.45, 2.75) is 76.9 Å². The zero-order chi connectivity index (χ0) is 25.2. The SMILES string of the molecule is COC(=O)c1cc2n(n1)CC(C)(C(=O)NC1CCCCCCC1)N(c1cc(C)ccc1OC)C2=O. The lowest BCUT2D eigenvalue weighted by atomic mass is 9.91. The Balaban J connectivity index is 1.78. The van der Waals surface area contributed by atoms with E-state index in [9.17, 15) is 14.4 Å². The molecule has 4 rings (SSSR count). The van der Waals surface area contributed by atoms with E-state index in [2.05, 4.69) is 10.4 Å². The second kappa shape index (κ2) is 10.1. The summed E-state index contributed by atoms with van der Waals surface area (Å²) >= 11 is 0. The van der Waals surface area contributed by atoms with E-state index in [1.807, 2.05) is 19.1 Å². The summed E-state index contributed by atoms with van der Waals surface area (Å²) in [7, 11) is 2.80. The number of aromatic nitrogens is 2. The largest absolute Gasteiger partial charge is 0.495 e. The van der Waals surface area contributed by atoms with Gasteiger partial charge in [-0.25, -0.2) is 4.79 Å². The molecule has 0 radical (unpaired) electrons. The van der Waals surface area contributed by atoms with E-state index in [0.29, 0.717) is 11.4 Å². The summed E-state index contributed by atoms with van der Waals surface area (Å²) in [5.74, 6) is -0.839. The second-order valence-electron chi connectivity index (χ2n) is 9.67. The van der Waals surface area contributed by atoms with Gasteiger partial charge in [-0.15, -0.1) is 0 Å². The molecule has 0 saturated heterocycles. The number of nitrogens with zero attached hydrogens (tertiary/aromatic N) is 3. The summed E-state index contributed by atoms with van der Waals surface area (Å²) in [6.45, 7) is 3.75. The summed E-state index contributed by atoms with van der Waals surface area (Å²) in [5, 5.41) is 7.53. The van der Waals surface area contributed by atoms with Crippen molar-refractivity contribution in [2.75, 3.05) is 19.1 Å². The molecule has 1 atom stereocenters. The Hall–Kier alpha value is -3.36. The van der Waals surface area contributed by atoms with Crippen molar-refractivity contribution in [2.24, 2.45) is 0 Å². The molecule has 188 valence electrons. The molecular weight excluding hydrogens is 448 g/mol. The molecule has 1 aliphatic heterocycles. The zero-order valence-corrected chi connectivity index (χ0v) is 20.9. The number of aryl methyl sites for hydroxylation is 1. The van der Waals surface area contributed by atoms with Crippen LogP contribution in [-0.4, -0.2) is 53.4 Å². The predicted molar refractivity (Wildman–Crippen MR) is 131 cm³/mol. The molecule has 0 spiro atoms. The first kappa shape index (κ1) is 24.8. The Morgan fingerprint density at radius 2 is 1.77 bits per heavy atom. The number of carbonyl (C=O) groups is 3. The second-order valence-corrected chi connectivity index (χ2v) is 9.67. The lowest BCUT2D eigenvalue weighted by Crippen LogP contribution is -2.65. The molecule has 1 aliphatic carbocycles. The lowest BCUT2D eigenvalue weighted by Gasteiger charge is -2.44. The van der Waals surface area contributed by atoms with Crippen LogP contribution in [0.15, 0.2) is 24.3 Å². The number of hydrogen-bond acceptors (Lipinski definition) is 6. The van der Waals surface area contributed by atoms with Gasteiger partial charge in [0.15, 0.2) is 5.69 Å². The maximum absolute atomic E-state index is 13.9. The summed E-state index contributed by atoms with van der Waals surface area (Å²) < 4.78 is 11.8. The molecular formula is C26H34N4O5. The van der Waals surface area contributed by atoms with Crippen LogP contribution in [0.1, 0.15) is 78.4 Å². The third-order valence-electron chi connectivity index (χ3n) is 7.05. The Morgan fingerprint density at radius 1 is 1.09 bits per heavy atom. The molecule has 35 heavy (non-hydrogen) atoms. The minimum atomic E-state index is -1.30. The van der Waals surface area contributed by atoms with Gasteiger partial charge in [-0.2, -0.15) is 5.10 Å². The smallest absolute Gasteiger partial charge is 0.358 e. The van der Waals surface area contributed by atoms with Gasteiger partial charge in [0.1, 0.15) is 17.0 Å². The molecule has 2 aromatic rings. The quantitative estimate of drug-likeness (QED) is 0.653. The average molecular weight is 483 g/mol. The molecule has 2 aliphatic rings. The number of rotatable bonds is 5. The normalized spacial score (nSPS) is 21.0. The third kappa shape index (κ3) is 4.76. The van der Waals surface area contributed by atoms with Gasteiger partial charge < -0.3 is 14.8 Å². The highest BCUT2D eigenvalue weighted by Crippen LogP contribution is 2.39. The van der Waals surface area contributed by atoms with Crippen molar-refractivity contribution in [1.82, 2.24) is 15.1 Å². The minimum Gasteiger partial charge on any atom is -0.495 e. The number of nitrogens with one attached hydrogen (secondary N) is 1. The van der Waals surface area contributed by atoms with E-state index in [0.717, 1.165) is 31.2 Å². The Labute approximate surface area is 205 Å². The number of esters is 1. The molecule has 1 unspecified atom stereocenters. The molecule has 9 nitrogen and oxygen atoms in total. The number of hydrogen-bond donors (Lipinski definition) is 1. The van der Waals surface area contributed by atoms with Gasteiger partial charge in [0.2, 0.25) is 5.91 Å². The van der Waals surface area contributed by atoms with E-state index in [-0.39, 0.29) is 29.9 Å². The van der Waals surface area contributed by atoms with Crippen LogP contribution in [0.25, 0.3) is 0 Å². The van der Waals surface area contributed by atoms with E-state index in [1.165, 1.54) is 49.1 Å². The first-order chi connectivity index (χ1) is 16.8. The van der Waals surface area contributed by atoms with Crippen LogP contribution in [0.3, 0.4) is 0 Å². The maximum atomic E-state index is 13.9. The number of methoxy groups -OCH3 is 2. The highest BCUT2D eigenvalue weighted by Gasteiger charge is 2.50. The van der Waals surface area contributed by atoms with Crippen LogP contribution in [0, 0.1) is 6.92 Å². The van der Waals surface area contributed by atoms with Crippen LogP contribution in [-0.2, 0) is 16.1 Å². The van der Waals surface area contributed by atoms with Crippen LogP contribution >= 0.6 is 0 Å². The van der Waals surface area contributed by atoms with E-state index < -0.39 is 17.4 Å². The minimum absolute atomic E-state index is 0.0247. The molecule has 1 fully saturated rings. The number of fused-ring (bicyclic) bond motifs is 1. The lowest BCUT2D eigenvalue weighted by molar-refractivity contribution is -0.127. The van der Waals surface area contributed by atoms with Crippen molar-refractivity contribution < 1.29 is 23.9 Å². The van der Waals surface area contributed by atoms with E-state index >= 15 is 0 Å². The predicted octanol–water partition coefficient (Wildman–Crippen LogP) is 3.63. The molecule has 1 N–H and O–H groups in total. The number of amides is 2. The standard InChI is InChI=1S/C26H34N4O5/c1-17-12-13-22(34-3)20(14-17)30-23(31)21-15-19(24(32)35-4)28-29(21)16-26(30,2)25(33)27-18-10-8-6-5-7-9-11-18/h12-15,18H,5-11,16H2,1-4H3,(H,27,33). The number of anilines is 1. The van der Waals surface area contributed by atoms with Gasteiger partial charge in [0, 0.05) is 12.1 Å². The van der Waals surface area contributed by atoms with Crippen LogP contribution in [0.5, 0.6) is 5.75 Å². The molecule has 0 bridgehead atoms. The summed E-state index contributed by atoms with van der Waals surface area (Å²) in [5.41, 5.74) is 0.361. The van der Waals surface area contributed by atoms with Crippen molar-refractivity contribution in [3.05, 3.63) is 41.2 Å². The molecule has 1 aromatic carbocycles. The topological polar surface area (TPSA) is 103 Å². The van der Waals surface area contributed by atoms with Gasteiger partial charge in [-0.1, -0.05) is 38.2 Å². The van der Waals surface area contributed by atoms with Crippen molar-refractivity contribution in [1.29, 1.82) is 0 Å². The maximum Gasteiger partial charge on any atom is 0.358 e. The fourth-order valence-electron chi connectivity index (χ4n) is 5.08. The number of carbonyl (C=O) groups excluding carboxylic acids is 3. The molecule has 9 heteroatoms. The highest BCUT2D eigenvalue weighted by atomic mass is 16.5. The molecule has 2 amide bonds. The Bertz CT molecular complexity index is 1120. The summed E-state index contributed by atoms with van der Waals surface area (Å²) in [4.78, 5) is 41.5. The average Bonchev–Trinajstić information content (AvgIpc) is 3.24. The van der Waals surface area contributed by atoms with Gasteiger partial charge in [0.05, 0.1) is 26.5 Å². The van der Waals surface area contributed by atoms with Crippen LogP contribution in [0.4, 0.5) is 5.69 Å². The molecule has 2 heterocycles. The van der Waals surface area contributed by atoms with Crippen molar-refractivity contribution in [3.8, 4) is 5.75 Å². The number of ether oxygens (including phenoxy) is 2. The monoisotopic (exact) mass is 482 g/mol. The molecule has 1 aromatic heterocycles. The fourth-order valence-corrected chi connectivity index (χ4v) is 5.08. The van der Waals surface area contributed by atoms with Crippen LogP contribution < -0.4 is 15.0 Å². The molecule has 1 saturated carbocycles.